The molecular weight excluding hydrogens is 458 g/mol. The van der Waals surface area contributed by atoms with Gasteiger partial charge in [-0.3, -0.25) is 25.2 Å². The lowest BCUT2D eigenvalue weighted by atomic mass is 10.1. The Morgan fingerprint density at radius 3 is 2.03 bits per heavy atom. The second kappa shape index (κ2) is 12.0. The summed E-state index contributed by atoms with van der Waals surface area (Å²) >= 11 is 0. The van der Waals surface area contributed by atoms with E-state index < -0.39 is 11.8 Å². The zero-order valence-corrected chi connectivity index (χ0v) is 19.4. The summed E-state index contributed by atoms with van der Waals surface area (Å²) in [5.41, 5.74) is 5.99. The molecule has 0 aliphatic rings. The van der Waals surface area contributed by atoms with Crippen LogP contribution in [0.4, 0.5) is 0 Å². The van der Waals surface area contributed by atoms with E-state index in [1.165, 1.54) is 0 Å². The predicted molar refractivity (Wildman–Crippen MR) is 135 cm³/mol. The van der Waals surface area contributed by atoms with Crippen molar-refractivity contribution in [3.05, 3.63) is 108 Å². The quantitative estimate of drug-likeness (QED) is 0.317. The van der Waals surface area contributed by atoms with E-state index in [2.05, 4.69) is 16.2 Å². The lowest BCUT2D eigenvalue weighted by molar-refractivity contribution is -0.129. The highest BCUT2D eigenvalue weighted by molar-refractivity contribution is 6.00. The van der Waals surface area contributed by atoms with Crippen molar-refractivity contribution < 1.29 is 23.9 Å². The number of hydrogen-bond acceptors (Lipinski definition) is 5. The van der Waals surface area contributed by atoms with E-state index in [1.807, 2.05) is 60.7 Å². The van der Waals surface area contributed by atoms with Gasteiger partial charge in [0.05, 0.1) is 6.54 Å². The zero-order valence-electron chi connectivity index (χ0n) is 19.4. The first-order chi connectivity index (χ1) is 17.6. The number of hydrazine groups is 1. The number of rotatable bonds is 9. The van der Waals surface area contributed by atoms with Crippen LogP contribution in [0.1, 0.15) is 15.9 Å². The standard InChI is InChI=1S/C28H25N3O5/c32-26(17-29-28(34)23-11-10-21-8-4-5-9-22(21)16-23)30-31-27(33)19-36-25-14-12-24(13-15-25)35-18-20-6-2-1-3-7-20/h1-16H,17-19H2,(H,29,34)(H,30,32)(H,31,33). The van der Waals surface area contributed by atoms with Crippen molar-refractivity contribution in [1.29, 1.82) is 0 Å². The molecule has 3 amide bonds. The molecule has 0 unspecified atom stereocenters. The molecule has 0 radical (unpaired) electrons. The van der Waals surface area contributed by atoms with Crippen molar-refractivity contribution in [2.24, 2.45) is 0 Å². The van der Waals surface area contributed by atoms with E-state index in [1.54, 1.807) is 36.4 Å². The van der Waals surface area contributed by atoms with Crippen molar-refractivity contribution in [2.45, 2.75) is 6.61 Å². The minimum atomic E-state index is -0.572. The highest BCUT2D eigenvalue weighted by Gasteiger charge is 2.10. The van der Waals surface area contributed by atoms with E-state index in [9.17, 15) is 14.4 Å². The van der Waals surface area contributed by atoms with Crippen LogP contribution < -0.4 is 25.6 Å². The van der Waals surface area contributed by atoms with Crippen molar-refractivity contribution in [3.8, 4) is 11.5 Å². The van der Waals surface area contributed by atoms with Crippen LogP contribution >= 0.6 is 0 Å². The lowest BCUT2D eigenvalue weighted by Gasteiger charge is -2.10. The Balaban J connectivity index is 1.14. The fraction of sp³-hybridized carbons (Fsp3) is 0.107. The number of hydrogen-bond donors (Lipinski definition) is 3. The Morgan fingerprint density at radius 1 is 0.639 bits per heavy atom. The molecule has 0 atom stereocenters. The van der Waals surface area contributed by atoms with Crippen LogP contribution in [0.2, 0.25) is 0 Å². The molecule has 0 aliphatic heterocycles. The highest BCUT2D eigenvalue weighted by Crippen LogP contribution is 2.19. The molecule has 0 saturated carbocycles. The van der Waals surface area contributed by atoms with Crippen LogP contribution in [0.5, 0.6) is 11.5 Å². The van der Waals surface area contributed by atoms with Crippen molar-refractivity contribution >= 4 is 28.5 Å². The molecule has 4 aromatic rings. The van der Waals surface area contributed by atoms with Gasteiger partial charge in [-0.25, -0.2) is 0 Å². The molecule has 0 bridgehead atoms. The van der Waals surface area contributed by atoms with Crippen molar-refractivity contribution in [3.63, 3.8) is 0 Å². The number of amides is 3. The van der Waals surface area contributed by atoms with Gasteiger partial charge in [0, 0.05) is 5.56 Å². The van der Waals surface area contributed by atoms with Crippen LogP contribution in [-0.4, -0.2) is 30.9 Å². The van der Waals surface area contributed by atoms with Gasteiger partial charge in [-0.05, 0) is 52.7 Å². The fourth-order valence-electron chi connectivity index (χ4n) is 3.33. The molecule has 4 aromatic carbocycles. The summed E-state index contributed by atoms with van der Waals surface area (Å²) in [4.78, 5) is 36.3. The number of carbonyl (C=O) groups excluding carboxylic acids is 3. The second-order valence-corrected chi connectivity index (χ2v) is 7.88. The average Bonchev–Trinajstić information content (AvgIpc) is 2.93. The van der Waals surface area contributed by atoms with E-state index in [0.717, 1.165) is 16.3 Å². The Morgan fingerprint density at radius 2 is 1.28 bits per heavy atom. The first-order valence-electron chi connectivity index (χ1n) is 11.3. The normalized spacial score (nSPS) is 10.3. The average molecular weight is 484 g/mol. The Labute approximate surface area is 208 Å². The molecule has 8 nitrogen and oxygen atoms in total. The van der Waals surface area contributed by atoms with Crippen LogP contribution in [0.3, 0.4) is 0 Å². The lowest BCUT2D eigenvalue weighted by Crippen LogP contribution is -2.47. The number of ether oxygens (including phenoxy) is 2. The second-order valence-electron chi connectivity index (χ2n) is 7.88. The first kappa shape index (κ1) is 24.3. The summed E-state index contributed by atoms with van der Waals surface area (Å²) in [6, 6.07) is 29.6. The summed E-state index contributed by atoms with van der Waals surface area (Å²) in [6.07, 6.45) is 0. The Bertz CT molecular complexity index is 1340. The molecule has 3 N–H and O–H groups in total. The summed E-state index contributed by atoms with van der Waals surface area (Å²) in [5.74, 6) is -0.354. The molecular formula is C28H25N3O5. The van der Waals surface area contributed by atoms with Crippen LogP contribution in [-0.2, 0) is 16.2 Å². The smallest absolute Gasteiger partial charge is 0.276 e. The summed E-state index contributed by atoms with van der Waals surface area (Å²) in [5, 5.41) is 4.47. The van der Waals surface area contributed by atoms with Crippen LogP contribution in [0.25, 0.3) is 10.8 Å². The predicted octanol–water partition coefficient (Wildman–Crippen LogP) is 3.38. The van der Waals surface area contributed by atoms with Gasteiger partial charge in [-0.2, -0.15) is 0 Å². The summed E-state index contributed by atoms with van der Waals surface area (Å²) < 4.78 is 11.1. The first-order valence-corrected chi connectivity index (χ1v) is 11.3. The molecule has 0 saturated heterocycles. The molecule has 0 spiro atoms. The molecule has 4 rings (SSSR count). The van der Waals surface area contributed by atoms with Gasteiger partial charge in [0.15, 0.2) is 6.61 Å². The van der Waals surface area contributed by atoms with Gasteiger partial charge in [-0.1, -0.05) is 60.7 Å². The maximum Gasteiger partial charge on any atom is 0.276 e. The van der Waals surface area contributed by atoms with Gasteiger partial charge in [-0.15, -0.1) is 0 Å². The van der Waals surface area contributed by atoms with Crippen molar-refractivity contribution in [1.82, 2.24) is 16.2 Å². The number of nitrogens with one attached hydrogen (secondary N) is 3. The maximum atomic E-state index is 12.3. The fourth-order valence-corrected chi connectivity index (χ4v) is 3.33. The molecule has 0 aromatic heterocycles. The maximum absolute atomic E-state index is 12.3. The summed E-state index contributed by atoms with van der Waals surface area (Å²) in [6.45, 7) is -0.142. The third-order valence-corrected chi connectivity index (χ3v) is 5.20. The van der Waals surface area contributed by atoms with Crippen molar-refractivity contribution in [2.75, 3.05) is 13.2 Å². The summed E-state index contributed by atoms with van der Waals surface area (Å²) in [7, 11) is 0. The number of fused-ring (bicyclic) bond motifs is 1. The van der Waals surface area contributed by atoms with E-state index in [0.29, 0.717) is 23.7 Å². The van der Waals surface area contributed by atoms with Gasteiger partial charge < -0.3 is 14.8 Å². The topological polar surface area (TPSA) is 106 Å². The molecule has 8 heteroatoms. The van der Waals surface area contributed by atoms with Crippen LogP contribution in [0.15, 0.2) is 97.1 Å². The van der Waals surface area contributed by atoms with E-state index in [-0.39, 0.29) is 19.1 Å². The minimum Gasteiger partial charge on any atom is -0.489 e. The van der Waals surface area contributed by atoms with E-state index in [4.69, 9.17) is 9.47 Å². The van der Waals surface area contributed by atoms with Crippen LogP contribution in [0, 0.1) is 0 Å². The molecule has 182 valence electrons. The Kier molecular flexibility index (Phi) is 8.11. The van der Waals surface area contributed by atoms with Gasteiger partial charge in [0.25, 0.3) is 17.7 Å². The monoisotopic (exact) mass is 483 g/mol. The minimum absolute atomic E-state index is 0.294. The Hall–Kier alpha value is -4.85. The third-order valence-electron chi connectivity index (χ3n) is 5.20. The zero-order chi connectivity index (χ0) is 25.2. The third kappa shape index (κ3) is 7.07. The SMILES string of the molecule is O=C(CNC(=O)c1ccc2ccccc2c1)NNC(=O)COc1ccc(OCc2ccccc2)cc1. The molecule has 36 heavy (non-hydrogen) atoms. The van der Waals surface area contributed by atoms with Gasteiger partial charge in [0.2, 0.25) is 0 Å². The van der Waals surface area contributed by atoms with E-state index >= 15 is 0 Å². The highest BCUT2D eigenvalue weighted by atomic mass is 16.5. The molecule has 0 aliphatic carbocycles. The van der Waals surface area contributed by atoms with Gasteiger partial charge >= 0.3 is 0 Å². The largest absolute Gasteiger partial charge is 0.489 e. The number of benzene rings is 4. The molecule has 0 heterocycles. The molecule has 0 fully saturated rings. The number of carbonyl (C=O) groups is 3. The van der Waals surface area contributed by atoms with Gasteiger partial charge in [0.1, 0.15) is 18.1 Å².